The number of thioether (sulfide) groups is 1. The molecule has 0 saturated carbocycles. The van der Waals surface area contributed by atoms with Crippen LogP contribution in [0.25, 0.3) is 0 Å². The Morgan fingerprint density at radius 3 is 2.47 bits per heavy atom. The van der Waals surface area contributed by atoms with Gasteiger partial charge in [0.2, 0.25) is 0 Å². The maximum absolute atomic E-state index is 13.0. The second kappa shape index (κ2) is 5.20. The Hall–Kier alpha value is -0.960. The van der Waals surface area contributed by atoms with Gasteiger partial charge < -0.3 is 5.32 Å². The van der Waals surface area contributed by atoms with E-state index in [-0.39, 0.29) is 10.5 Å². The summed E-state index contributed by atoms with van der Waals surface area (Å²) in [4.78, 5) is 10.1. The second-order valence-corrected chi connectivity index (χ2v) is 5.97. The third-order valence-corrected chi connectivity index (χ3v) is 4.30. The zero-order valence-corrected chi connectivity index (χ0v) is 11.7. The van der Waals surface area contributed by atoms with Crippen molar-refractivity contribution in [2.45, 2.75) is 12.2 Å². The third-order valence-electron chi connectivity index (χ3n) is 2.57. The highest BCUT2D eigenvalue weighted by atomic mass is 79.9. The van der Waals surface area contributed by atoms with Crippen molar-refractivity contribution in [3.63, 3.8) is 0 Å². The molecule has 1 aliphatic heterocycles. The predicted octanol–water partition coefficient (Wildman–Crippen LogP) is 3.90. The van der Waals surface area contributed by atoms with Gasteiger partial charge in [0.05, 0.1) is 10.5 Å². The Morgan fingerprint density at radius 2 is 2.05 bits per heavy atom. The van der Waals surface area contributed by atoms with Crippen LogP contribution in [0.4, 0.5) is 24.5 Å². The summed E-state index contributed by atoms with van der Waals surface area (Å²) >= 11 is 4.44. The Kier molecular flexibility index (Phi) is 3.95. The van der Waals surface area contributed by atoms with E-state index in [1.807, 2.05) is 0 Å². The topological polar surface area (TPSA) is 55.2 Å². The van der Waals surface area contributed by atoms with E-state index in [2.05, 4.69) is 21.2 Å². The highest BCUT2D eigenvalue weighted by Gasteiger charge is 2.38. The lowest BCUT2D eigenvalue weighted by Gasteiger charge is -2.28. The molecular formula is C10H8BrF3N2O2S. The van der Waals surface area contributed by atoms with E-state index in [1.165, 1.54) is 0 Å². The van der Waals surface area contributed by atoms with Crippen molar-refractivity contribution in [3.05, 3.63) is 32.3 Å². The number of nitro groups is 1. The summed E-state index contributed by atoms with van der Waals surface area (Å²) in [6.07, 6.45) is -4.65. The maximum Gasteiger partial charge on any atom is 0.418 e. The normalized spacial score (nSPS) is 16.0. The first-order valence-electron chi connectivity index (χ1n) is 5.18. The van der Waals surface area contributed by atoms with Crippen LogP contribution in [0.2, 0.25) is 0 Å². The molecule has 0 bridgehead atoms. The van der Waals surface area contributed by atoms with Crippen LogP contribution in [0.1, 0.15) is 5.56 Å². The molecule has 104 valence electrons. The van der Waals surface area contributed by atoms with Crippen molar-refractivity contribution < 1.29 is 18.1 Å². The van der Waals surface area contributed by atoms with Crippen molar-refractivity contribution in [2.24, 2.45) is 0 Å². The average Bonchev–Trinajstić information content (AvgIpc) is 2.22. The first kappa shape index (κ1) is 14.4. The van der Waals surface area contributed by atoms with Gasteiger partial charge in [-0.2, -0.15) is 24.9 Å². The molecule has 19 heavy (non-hydrogen) atoms. The largest absolute Gasteiger partial charge is 0.418 e. The number of anilines is 1. The molecule has 1 aromatic rings. The van der Waals surface area contributed by atoms with Gasteiger partial charge in [-0.05, 0) is 6.07 Å². The second-order valence-electron chi connectivity index (χ2n) is 3.98. The summed E-state index contributed by atoms with van der Waals surface area (Å²) < 4.78 is 38.9. The van der Waals surface area contributed by atoms with Gasteiger partial charge in [-0.1, -0.05) is 15.9 Å². The molecule has 1 heterocycles. The lowest BCUT2D eigenvalue weighted by Crippen LogP contribution is -2.34. The molecule has 0 aromatic heterocycles. The number of rotatable bonds is 3. The van der Waals surface area contributed by atoms with E-state index in [1.54, 1.807) is 11.8 Å². The SMILES string of the molecule is O=[N+]([O-])c1cc(Br)cc(C(F)(F)F)c1NC1CSC1. The van der Waals surface area contributed by atoms with Crippen LogP contribution in [0.5, 0.6) is 0 Å². The van der Waals surface area contributed by atoms with Crippen LogP contribution >= 0.6 is 27.7 Å². The van der Waals surface area contributed by atoms with Crippen LogP contribution in [0.15, 0.2) is 16.6 Å². The van der Waals surface area contributed by atoms with Gasteiger partial charge in [-0.25, -0.2) is 0 Å². The fourth-order valence-electron chi connectivity index (χ4n) is 1.63. The molecule has 1 aromatic carbocycles. The minimum atomic E-state index is -4.65. The van der Waals surface area contributed by atoms with Crippen molar-refractivity contribution in [1.29, 1.82) is 0 Å². The summed E-state index contributed by atoms with van der Waals surface area (Å²) in [7, 11) is 0. The Balaban J connectivity index is 2.52. The predicted molar refractivity (Wildman–Crippen MR) is 70.5 cm³/mol. The number of halogens is 4. The van der Waals surface area contributed by atoms with Crippen molar-refractivity contribution in [2.75, 3.05) is 16.8 Å². The molecule has 0 atom stereocenters. The zero-order valence-electron chi connectivity index (χ0n) is 9.33. The molecule has 0 aliphatic carbocycles. The van der Waals surface area contributed by atoms with Gasteiger partial charge in [0.1, 0.15) is 5.69 Å². The van der Waals surface area contributed by atoms with Crippen LogP contribution in [0, 0.1) is 10.1 Å². The number of hydrogen-bond donors (Lipinski definition) is 1. The van der Waals surface area contributed by atoms with Gasteiger partial charge >= 0.3 is 6.18 Å². The van der Waals surface area contributed by atoms with Gasteiger partial charge in [0, 0.05) is 28.1 Å². The molecule has 0 unspecified atom stereocenters. The Labute approximate surface area is 119 Å². The third kappa shape index (κ3) is 3.14. The van der Waals surface area contributed by atoms with Gasteiger partial charge in [0.25, 0.3) is 5.69 Å². The summed E-state index contributed by atoms with van der Waals surface area (Å²) in [6, 6.07) is 1.76. The molecule has 0 amide bonds. The van der Waals surface area contributed by atoms with Crippen molar-refractivity contribution in [1.82, 2.24) is 0 Å². The minimum absolute atomic E-state index is 0.0278. The van der Waals surface area contributed by atoms with Crippen LogP contribution in [0.3, 0.4) is 0 Å². The average molecular weight is 357 g/mol. The first-order valence-corrected chi connectivity index (χ1v) is 7.13. The smallest absolute Gasteiger partial charge is 0.375 e. The monoisotopic (exact) mass is 356 g/mol. The van der Waals surface area contributed by atoms with Crippen LogP contribution in [-0.4, -0.2) is 22.5 Å². The highest BCUT2D eigenvalue weighted by Crippen LogP contribution is 2.42. The number of hydrogen-bond acceptors (Lipinski definition) is 4. The number of alkyl halides is 3. The van der Waals surface area contributed by atoms with E-state index in [9.17, 15) is 23.3 Å². The maximum atomic E-state index is 13.0. The number of nitrogens with one attached hydrogen (secondary N) is 1. The quantitative estimate of drug-likeness (QED) is 0.659. The molecule has 1 N–H and O–H groups in total. The van der Waals surface area contributed by atoms with Crippen molar-refractivity contribution in [3.8, 4) is 0 Å². The molecule has 0 spiro atoms. The minimum Gasteiger partial charge on any atom is -0.375 e. The van der Waals surface area contributed by atoms with E-state index in [0.29, 0.717) is 11.5 Å². The summed E-state index contributed by atoms with van der Waals surface area (Å²) in [5.74, 6) is 1.29. The zero-order chi connectivity index (χ0) is 14.2. The highest BCUT2D eigenvalue weighted by molar-refractivity contribution is 9.10. The molecule has 1 fully saturated rings. The molecule has 1 aliphatic rings. The molecule has 0 radical (unpaired) electrons. The molecule has 4 nitrogen and oxygen atoms in total. The summed E-state index contributed by atoms with van der Waals surface area (Å²) in [6.45, 7) is 0. The van der Waals surface area contributed by atoms with E-state index in [4.69, 9.17) is 0 Å². The number of nitrogens with zero attached hydrogens (tertiary/aromatic N) is 1. The Bertz CT molecular complexity index is 520. The van der Waals surface area contributed by atoms with Crippen LogP contribution < -0.4 is 5.32 Å². The van der Waals surface area contributed by atoms with E-state index in [0.717, 1.165) is 12.1 Å². The number of benzene rings is 1. The van der Waals surface area contributed by atoms with E-state index < -0.39 is 28.0 Å². The fourth-order valence-corrected chi connectivity index (χ4v) is 2.72. The molecule has 2 rings (SSSR count). The standard InChI is InChI=1S/C10H8BrF3N2O2S/c11-5-1-7(10(12,13)14)9(8(2-5)16(17)18)15-6-3-19-4-6/h1-2,6,15H,3-4H2. The molecule has 9 heteroatoms. The lowest BCUT2D eigenvalue weighted by atomic mass is 10.1. The first-order chi connectivity index (χ1) is 8.79. The molecular weight excluding hydrogens is 349 g/mol. The van der Waals surface area contributed by atoms with Gasteiger partial charge in [-0.15, -0.1) is 0 Å². The van der Waals surface area contributed by atoms with Crippen LogP contribution in [-0.2, 0) is 6.18 Å². The summed E-state index contributed by atoms with van der Waals surface area (Å²) in [5, 5.41) is 13.5. The van der Waals surface area contributed by atoms with Gasteiger partial charge in [0.15, 0.2) is 0 Å². The summed E-state index contributed by atoms with van der Waals surface area (Å²) in [5.41, 5.74) is -2.05. The Morgan fingerprint density at radius 1 is 1.42 bits per heavy atom. The lowest BCUT2D eigenvalue weighted by molar-refractivity contribution is -0.384. The van der Waals surface area contributed by atoms with Gasteiger partial charge in [-0.3, -0.25) is 10.1 Å². The fraction of sp³-hybridized carbons (Fsp3) is 0.400. The number of nitro benzene ring substituents is 1. The van der Waals surface area contributed by atoms with Crippen molar-refractivity contribution >= 4 is 39.1 Å². The molecule has 1 saturated heterocycles. The van der Waals surface area contributed by atoms with E-state index >= 15 is 0 Å².